The van der Waals surface area contributed by atoms with E-state index in [9.17, 15) is 29.4 Å². The summed E-state index contributed by atoms with van der Waals surface area (Å²) < 4.78 is 13.0. The van der Waals surface area contributed by atoms with Gasteiger partial charge in [0, 0.05) is 6.07 Å². The first-order valence-electron chi connectivity index (χ1n) is 3.67. The minimum Gasteiger partial charge on any atom is -0.258 e. The SMILES string of the molecule is O=C=Nc1cc(F)c([N+](=O)[O-])cc1[N+](=O)[O-]. The molecule has 16 heavy (non-hydrogen) atoms. The zero-order chi connectivity index (χ0) is 12.3. The molecule has 0 bridgehead atoms. The summed E-state index contributed by atoms with van der Waals surface area (Å²) in [6.07, 6.45) is 0.989. The molecule has 0 N–H and O–H groups in total. The van der Waals surface area contributed by atoms with E-state index >= 15 is 0 Å². The van der Waals surface area contributed by atoms with Gasteiger partial charge in [-0.3, -0.25) is 20.2 Å². The van der Waals surface area contributed by atoms with Gasteiger partial charge in [0.25, 0.3) is 0 Å². The van der Waals surface area contributed by atoms with E-state index in [1.165, 1.54) is 0 Å². The Morgan fingerprint density at radius 1 is 1.19 bits per heavy atom. The molecule has 0 spiro atoms. The fraction of sp³-hybridized carbons (Fsp3) is 0. The van der Waals surface area contributed by atoms with Crippen molar-refractivity contribution in [3.8, 4) is 0 Å². The second-order valence-electron chi connectivity index (χ2n) is 2.51. The molecule has 1 aromatic rings. The van der Waals surface area contributed by atoms with Crippen molar-refractivity contribution in [2.45, 2.75) is 0 Å². The Hall–Kier alpha value is -2.67. The van der Waals surface area contributed by atoms with Gasteiger partial charge in [-0.25, -0.2) is 4.79 Å². The van der Waals surface area contributed by atoms with Crippen LogP contribution < -0.4 is 0 Å². The number of hydrogen-bond acceptors (Lipinski definition) is 6. The summed E-state index contributed by atoms with van der Waals surface area (Å²) in [4.78, 5) is 31.4. The lowest BCUT2D eigenvalue weighted by atomic mass is 10.2. The molecule has 0 amide bonds. The molecule has 0 aromatic heterocycles. The van der Waals surface area contributed by atoms with Gasteiger partial charge >= 0.3 is 11.4 Å². The Morgan fingerprint density at radius 3 is 2.19 bits per heavy atom. The van der Waals surface area contributed by atoms with Crippen molar-refractivity contribution in [1.29, 1.82) is 0 Å². The largest absolute Gasteiger partial charge is 0.311 e. The topological polar surface area (TPSA) is 116 Å². The van der Waals surface area contributed by atoms with Crippen LogP contribution in [0, 0.1) is 26.0 Å². The molecule has 0 atom stereocenters. The number of rotatable bonds is 3. The molecule has 0 aliphatic carbocycles. The first-order valence-corrected chi connectivity index (χ1v) is 3.67. The highest BCUT2D eigenvalue weighted by Gasteiger charge is 2.24. The van der Waals surface area contributed by atoms with Gasteiger partial charge in [-0.1, -0.05) is 0 Å². The van der Waals surface area contributed by atoms with Crippen molar-refractivity contribution in [1.82, 2.24) is 0 Å². The van der Waals surface area contributed by atoms with Crippen LogP contribution in [0.4, 0.5) is 21.5 Å². The van der Waals surface area contributed by atoms with Gasteiger partial charge in [-0.2, -0.15) is 9.38 Å². The Bertz CT molecular complexity index is 523. The first kappa shape index (κ1) is 11.4. The molecular weight excluding hydrogens is 225 g/mol. The monoisotopic (exact) mass is 227 g/mol. The van der Waals surface area contributed by atoms with Gasteiger partial charge in [0.15, 0.2) is 5.69 Å². The van der Waals surface area contributed by atoms with Crippen molar-refractivity contribution in [2.24, 2.45) is 4.99 Å². The third kappa shape index (κ3) is 2.04. The average molecular weight is 227 g/mol. The van der Waals surface area contributed by atoms with Crippen molar-refractivity contribution < 1.29 is 19.0 Å². The molecule has 9 heteroatoms. The minimum absolute atomic E-state index is 0.394. The van der Waals surface area contributed by atoms with Crippen LogP contribution in [0.3, 0.4) is 0 Å². The molecule has 82 valence electrons. The number of nitro benzene ring substituents is 2. The van der Waals surface area contributed by atoms with Gasteiger partial charge in [0.2, 0.25) is 11.9 Å². The third-order valence-corrected chi connectivity index (χ3v) is 1.60. The summed E-state index contributed by atoms with van der Waals surface area (Å²) in [5, 5.41) is 20.8. The molecule has 8 nitrogen and oxygen atoms in total. The van der Waals surface area contributed by atoms with Crippen LogP contribution in [0.15, 0.2) is 17.1 Å². The summed E-state index contributed by atoms with van der Waals surface area (Å²) >= 11 is 0. The third-order valence-electron chi connectivity index (χ3n) is 1.60. The predicted molar refractivity (Wildman–Crippen MR) is 47.5 cm³/mol. The van der Waals surface area contributed by atoms with E-state index in [1.54, 1.807) is 0 Å². The maximum absolute atomic E-state index is 13.0. The molecular formula is C7H2FN3O5. The number of benzene rings is 1. The minimum atomic E-state index is -1.32. The van der Waals surface area contributed by atoms with Crippen molar-refractivity contribution in [2.75, 3.05) is 0 Å². The lowest BCUT2D eigenvalue weighted by Gasteiger charge is -1.97. The van der Waals surface area contributed by atoms with E-state index in [2.05, 4.69) is 4.99 Å². The van der Waals surface area contributed by atoms with Crippen LogP contribution >= 0.6 is 0 Å². The molecule has 0 unspecified atom stereocenters. The quantitative estimate of drug-likeness (QED) is 0.336. The first-order chi connectivity index (χ1) is 7.47. The Labute approximate surface area is 86.3 Å². The maximum Gasteiger partial charge on any atom is 0.311 e. The van der Waals surface area contributed by atoms with Crippen LogP contribution in [-0.4, -0.2) is 15.9 Å². The van der Waals surface area contributed by atoms with Crippen molar-refractivity contribution in [3.63, 3.8) is 0 Å². The predicted octanol–water partition coefficient (Wildman–Crippen LogP) is 1.61. The molecule has 1 aromatic carbocycles. The van der Waals surface area contributed by atoms with E-state index in [-0.39, 0.29) is 0 Å². The highest BCUT2D eigenvalue weighted by atomic mass is 19.1. The lowest BCUT2D eigenvalue weighted by molar-refractivity contribution is -0.395. The molecule has 1 rings (SSSR count). The molecule has 0 radical (unpaired) electrons. The standard InChI is InChI=1S/C7H2FN3O5/c8-4-1-5(9-3-12)7(11(15)16)2-6(4)10(13)14/h1-2H. The molecule has 0 aliphatic heterocycles. The van der Waals surface area contributed by atoms with E-state index in [0.29, 0.717) is 12.1 Å². The van der Waals surface area contributed by atoms with Gasteiger partial charge < -0.3 is 0 Å². The van der Waals surface area contributed by atoms with E-state index in [0.717, 1.165) is 6.08 Å². The average Bonchev–Trinajstić information content (AvgIpc) is 2.17. The fourth-order valence-electron chi connectivity index (χ4n) is 0.965. The normalized spacial score (nSPS) is 9.31. The van der Waals surface area contributed by atoms with Crippen LogP contribution in [0.5, 0.6) is 0 Å². The summed E-state index contributed by atoms with van der Waals surface area (Å²) in [5.74, 6) is -1.32. The molecule has 0 saturated carbocycles. The number of hydrogen-bond donors (Lipinski definition) is 0. The summed E-state index contributed by atoms with van der Waals surface area (Å²) in [7, 11) is 0. The van der Waals surface area contributed by atoms with E-state index in [4.69, 9.17) is 0 Å². The van der Waals surface area contributed by atoms with Crippen molar-refractivity contribution >= 4 is 23.1 Å². The highest BCUT2D eigenvalue weighted by molar-refractivity contribution is 5.65. The molecule has 0 heterocycles. The number of nitro groups is 2. The number of carbonyl (C=O) groups excluding carboxylic acids is 1. The van der Waals surface area contributed by atoms with Crippen LogP contribution in [0.25, 0.3) is 0 Å². The molecule has 0 fully saturated rings. The molecule has 0 aliphatic rings. The van der Waals surface area contributed by atoms with Gasteiger partial charge in [-0.05, 0) is 0 Å². The zero-order valence-electron chi connectivity index (χ0n) is 7.42. The maximum atomic E-state index is 13.0. The summed E-state index contributed by atoms with van der Waals surface area (Å²) in [6.45, 7) is 0. The van der Waals surface area contributed by atoms with Gasteiger partial charge in [0.05, 0.1) is 15.9 Å². The summed E-state index contributed by atoms with van der Waals surface area (Å²) in [6, 6.07) is 0.826. The Morgan fingerprint density at radius 2 is 1.75 bits per heavy atom. The zero-order valence-corrected chi connectivity index (χ0v) is 7.42. The van der Waals surface area contributed by atoms with Gasteiger partial charge in [-0.15, -0.1) is 0 Å². The lowest BCUT2D eigenvalue weighted by Crippen LogP contribution is -1.96. The van der Waals surface area contributed by atoms with E-state index < -0.39 is 32.7 Å². The van der Waals surface area contributed by atoms with Crippen LogP contribution in [-0.2, 0) is 4.79 Å². The van der Waals surface area contributed by atoms with E-state index in [1.807, 2.05) is 0 Å². The Kier molecular flexibility index (Phi) is 3.02. The second-order valence-corrected chi connectivity index (χ2v) is 2.51. The molecule has 0 saturated heterocycles. The van der Waals surface area contributed by atoms with Crippen molar-refractivity contribution in [3.05, 3.63) is 38.2 Å². The number of nitrogens with zero attached hydrogens (tertiary/aromatic N) is 3. The van der Waals surface area contributed by atoms with Gasteiger partial charge in [0.1, 0.15) is 0 Å². The summed E-state index contributed by atoms with van der Waals surface area (Å²) in [5.41, 5.74) is -2.52. The van der Waals surface area contributed by atoms with Crippen LogP contribution in [0.2, 0.25) is 0 Å². The number of aliphatic imine (C=N–C) groups is 1. The fourth-order valence-corrected chi connectivity index (χ4v) is 0.965. The smallest absolute Gasteiger partial charge is 0.258 e. The Balaban J connectivity index is 3.55. The number of halogens is 1. The second kappa shape index (κ2) is 4.24. The number of isocyanates is 1. The van der Waals surface area contributed by atoms with Crippen LogP contribution in [0.1, 0.15) is 0 Å². The highest BCUT2D eigenvalue weighted by Crippen LogP contribution is 2.33.